The van der Waals surface area contributed by atoms with Gasteiger partial charge in [-0.1, -0.05) is 0 Å². The average Bonchev–Trinajstić information content (AvgIpc) is 2.40. The van der Waals surface area contributed by atoms with Gasteiger partial charge in [-0.15, -0.1) is 0 Å². The Hall–Kier alpha value is -0.320. The van der Waals surface area contributed by atoms with Gasteiger partial charge in [0, 0.05) is 14.2 Å². The number of rotatable bonds is 3. The van der Waals surface area contributed by atoms with E-state index in [1.165, 1.54) is 0 Å². The topological polar surface area (TPSA) is 31.6 Å². The van der Waals surface area contributed by atoms with E-state index in [1.54, 1.807) is 26.5 Å². The van der Waals surface area contributed by atoms with Gasteiger partial charge in [-0.25, -0.2) is 0 Å². The molecule has 1 aromatic heterocycles. The third-order valence-electron chi connectivity index (χ3n) is 1.29. The molecule has 0 aromatic carbocycles. The highest BCUT2D eigenvalue weighted by Gasteiger charge is 2.15. The molecular weight excluding hydrogens is 212 g/mol. The zero-order valence-corrected chi connectivity index (χ0v) is 7.92. The van der Waals surface area contributed by atoms with E-state index in [-0.39, 0.29) is 0 Å². The Labute approximate surface area is 73.4 Å². The maximum absolute atomic E-state index is 5.11. The summed E-state index contributed by atoms with van der Waals surface area (Å²) in [6.07, 6.45) is 1.14. The zero-order chi connectivity index (χ0) is 8.27. The fourth-order valence-corrected chi connectivity index (χ4v) is 1.17. The van der Waals surface area contributed by atoms with Crippen LogP contribution in [0, 0.1) is 0 Å². The highest BCUT2D eigenvalue weighted by Crippen LogP contribution is 2.26. The minimum Gasteiger partial charge on any atom is -0.463 e. The predicted molar refractivity (Wildman–Crippen MR) is 43.2 cm³/mol. The summed E-state index contributed by atoms with van der Waals surface area (Å²) in [6.45, 7) is 0. The third kappa shape index (κ3) is 1.83. The molecule has 1 rings (SSSR count). The van der Waals surface area contributed by atoms with Crippen molar-refractivity contribution in [3.63, 3.8) is 0 Å². The van der Waals surface area contributed by atoms with Gasteiger partial charge in [0.25, 0.3) is 0 Å². The molecule has 0 bridgehead atoms. The van der Waals surface area contributed by atoms with Crippen LogP contribution >= 0.6 is 15.9 Å². The summed E-state index contributed by atoms with van der Waals surface area (Å²) in [4.78, 5) is 0. The van der Waals surface area contributed by atoms with E-state index in [4.69, 9.17) is 13.9 Å². The first-order valence-corrected chi connectivity index (χ1v) is 3.87. The molecule has 0 radical (unpaired) electrons. The second kappa shape index (κ2) is 3.90. The third-order valence-corrected chi connectivity index (χ3v) is 1.94. The van der Waals surface area contributed by atoms with Crippen LogP contribution in [0.4, 0.5) is 0 Å². The molecule has 3 nitrogen and oxygen atoms in total. The minimum absolute atomic E-state index is 0.431. The van der Waals surface area contributed by atoms with Crippen molar-refractivity contribution in [1.82, 2.24) is 0 Å². The molecule has 0 saturated carbocycles. The Morgan fingerprint density at radius 3 is 2.45 bits per heavy atom. The van der Waals surface area contributed by atoms with Crippen molar-refractivity contribution in [2.75, 3.05) is 14.2 Å². The van der Waals surface area contributed by atoms with Crippen LogP contribution in [0.2, 0.25) is 0 Å². The van der Waals surface area contributed by atoms with Crippen molar-refractivity contribution < 1.29 is 13.9 Å². The summed E-state index contributed by atoms with van der Waals surface area (Å²) in [6, 6.07) is 1.79. The van der Waals surface area contributed by atoms with Crippen LogP contribution in [0.15, 0.2) is 21.2 Å². The first kappa shape index (κ1) is 8.77. The molecule has 0 spiro atoms. The van der Waals surface area contributed by atoms with Gasteiger partial charge in [-0.2, -0.15) is 0 Å². The molecule has 0 aliphatic rings. The normalized spacial score (nSPS) is 10.9. The number of furan rings is 1. The Bertz CT molecular complexity index is 217. The molecule has 1 aromatic rings. The van der Waals surface area contributed by atoms with Gasteiger partial charge in [0.05, 0.1) is 10.7 Å². The summed E-state index contributed by atoms with van der Waals surface area (Å²) in [5, 5.41) is 0. The lowest BCUT2D eigenvalue weighted by Gasteiger charge is -2.09. The van der Waals surface area contributed by atoms with Gasteiger partial charge in [-0.3, -0.25) is 0 Å². The Balaban J connectivity index is 2.81. The molecule has 62 valence electrons. The smallest absolute Gasteiger partial charge is 0.217 e. The van der Waals surface area contributed by atoms with Crippen LogP contribution in [-0.4, -0.2) is 14.2 Å². The van der Waals surface area contributed by atoms with Crippen molar-refractivity contribution in [2.45, 2.75) is 6.29 Å². The molecule has 0 saturated heterocycles. The van der Waals surface area contributed by atoms with E-state index in [9.17, 15) is 0 Å². The molecular formula is C7H9BrO3. The van der Waals surface area contributed by atoms with Gasteiger partial charge in [0.15, 0.2) is 5.76 Å². The minimum atomic E-state index is -0.431. The van der Waals surface area contributed by atoms with Crippen LogP contribution in [0.25, 0.3) is 0 Å². The number of hydrogen-bond donors (Lipinski definition) is 0. The summed E-state index contributed by atoms with van der Waals surface area (Å²) in [5.41, 5.74) is 0. The quantitative estimate of drug-likeness (QED) is 0.734. The van der Waals surface area contributed by atoms with Crippen molar-refractivity contribution in [2.24, 2.45) is 0 Å². The molecule has 4 heteroatoms. The number of ether oxygens (including phenoxy) is 2. The maximum Gasteiger partial charge on any atom is 0.217 e. The Morgan fingerprint density at radius 2 is 2.09 bits per heavy atom. The molecule has 0 aliphatic carbocycles. The standard InChI is InChI=1S/C7H9BrO3/c1-9-7(10-2)6-5(8)3-4-11-6/h3-4,7H,1-2H3. The summed E-state index contributed by atoms with van der Waals surface area (Å²) in [5.74, 6) is 0.648. The van der Waals surface area contributed by atoms with Crippen molar-refractivity contribution in [3.8, 4) is 0 Å². The van der Waals surface area contributed by atoms with Gasteiger partial charge < -0.3 is 13.9 Å². The lowest BCUT2D eigenvalue weighted by molar-refractivity contribution is -0.118. The predicted octanol–water partition coefficient (Wildman–Crippen LogP) is 2.33. The fraction of sp³-hybridized carbons (Fsp3) is 0.429. The second-order valence-corrected chi connectivity index (χ2v) is 2.79. The van der Waals surface area contributed by atoms with E-state index in [1.807, 2.05) is 0 Å². The van der Waals surface area contributed by atoms with Gasteiger partial charge >= 0.3 is 0 Å². The van der Waals surface area contributed by atoms with Gasteiger partial charge in [0.2, 0.25) is 6.29 Å². The first-order chi connectivity index (χ1) is 5.29. The molecule has 0 amide bonds. The fourth-order valence-electron chi connectivity index (χ4n) is 0.784. The lowest BCUT2D eigenvalue weighted by Crippen LogP contribution is -2.02. The molecule has 0 unspecified atom stereocenters. The maximum atomic E-state index is 5.11. The van der Waals surface area contributed by atoms with Gasteiger partial charge in [-0.05, 0) is 22.0 Å². The molecule has 1 heterocycles. The van der Waals surface area contributed by atoms with E-state index in [2.05, 4.69) is 15.9 Å². The SMILES string of the molecule is COC(OC)c1occc1Br. The van der Waals surface area contributed by atoms with Crippen LogP contribution in [0.1, 0.15) is 12.1 Å². The number of halogens is 1. The highest BCUT2D eigenvalue weighted by molar-refractivity contribution is 9.10. The Morgan fingerprint density at radius 1 is 1.45 bits per heavy atom. The largest absolute Gasteiger partial charge is 0.463 e. The van der Waals surface area contributed by atoms with Crippen molar-refractivity contribution in [3.05, 3.63) is 22.6 Å². The number of hydrogen-bond acceptors (Lipinski definition) is 3. The molecule has 0 atom stereocenters. The molecule has 0 N–H and O–H groups in total. The highest BCUT2D eigenvalue weighted by atomic mass is 79.9. The van der Waals surface area contributed by atoms with Crippen LogP contribution in [0.5, 0.6) is 0 Å². The van der Waals surface area contributed by atoms with E-state index in [0.717, 1.165) is 4.47 Å². The molecule has 0 fully saturated rings. The van der Waals surface area contributed by atoms with E-state index >= 15 is 0 Å². The zero-order valence-electron chi connectivity index (χ0n) is 6.33. The number of methoxy groups -OCH3 is 2. The van der Waals surface area contributed by atoms with E-state index in [0.29, 0.717) is 5.76 Å². The van der Waals surface area contributed by atoms with Crippen LogP contribution in [-0.2, 0) is 9.47 Å². The Kier molecular flexibility index (Phi) is 3.11. The van der Waals surface area contributed by atoms with Crippen molar-refractivity contribution in [1.29, 1.82) is 0 Å². The molecule has 0 aliphatic heterocycles. The summed E-state index contributed by atoms with van der Waals surface area (Å²) < 4.78 is 15.9. The van der Waals surface area contributed by atoms with Crippen LogP contribution < -0.4 is 0 Å². The summed E-state index contributed by atoms with van der Waals surface area (Å²) in [7, 11) is 3.12. The first-order valence-electron chi connectivity index (χ1n) is 3.08. The summed E-state index contributed by atoms with van der Waals surface area (Å²) >= 11 is 3.29. The second-order valence-electron chi connectivity index (χ2n) is 1.94. The van der Waals surface area contributed by atoms with Crippen LogP contribution in [0.3, 0.4) is 0 Å². The average molecular weight is 221 g/mol. The van der Waals surface area contributed by atoms with Gasteiger partial charge in [0.1, 0.15) is 0 Å². The van der Waals surface area contributed by atoms with E-state index < -0.39 is 6.29 Å². The monoisotopic (exact) mass is 220 g/mol. The molecule has 11 heavy (non-hydrogen) atoms. The lowest BCUT2D eigenvalue weighted by atomic mass is 10.4. The van der Waals surface area contributed by atoms with Crippen molar-refractivity contribution >= 4 is 15.9 Å².